The van der Waals surface area contributed by atoms with E-state index in [9.17, 15) is 9.90 Å². The molecule has 134 valence electrons. The number of benzene rings is 1. The number of aromatic carboxylic acids is 1. The molecular formula is C17H17ClN6O2. The first kappa shape index (κ1) is 16.5. The lowest BCUT2D eigenvalue weighted by Crippen LogP contribution is -2.46. The van der Waals surface area contributed by atoms with E-state index in [-0.39, 0.29) is 11.6 Å². The summed E-state index contributed by atoms with van der Waals surface area (Å²) in [5.41, 5.74) is 8.10. The Labute approximate surface area is 154 Å². The first-order chi connectivity index (χ1) is 12.5. The van der Waals surface area contributed by atoms with Crippen LogP contribution >= 0.6 is 11.6 Å². The number of anilines is 3. The fourth-order valence-electron chi connectivity index (χ4n) is 3.25. The summed E-state index contributed by atoms with van der Waals surface area (Å²) in [6.45, 7) is 3.16. The zero-order valence-electron chi connectivity index (χ0n) is 13.8. The Kier molecular flexibility index (Phi) is 4.04. The molecule has 3 heterocycles. The number of nitrogen functional groups attached to an aromatic ring is 1. The molecule has 0 unspecified atom stereocenters. The summed E-state index contributed by atoms with van der Waals surface area (Å²) < 4.78 is 1.29. The number of carboxylic acid groups (broad SMARTS) is 1. The number of pyridine rings is 1. The van der Waals surface area contributed by atoms with Crippen molar-refractivity contribution in [2.45, 2.75) is 0 Å². The van der Waals surface area contributed by atoms with Crippen LogP contribution in [0.2, 0.25) is 5.02 Å². The monoisotopic (exact) mass is 372 g/mol. The normalized spacial score (nSPS) is 14.8. The number of carboxylic acids is 1. The molecule has 0 aliphatic carbocycles. The molecule has 0 atom stereocenters. The maximum absolute atomic E-state index is 11.4. The SMILES string of the molecule is Nc1nc2c(N3CCN(c4cccc(Cl)c4)CC3)ccc(C(=O)O)n2n1. The summed E-state index contributed by atoms with van der Waals surface area (Å²) in [6.07, 6.45) is 0. The van der Waals surface area contributed by atoms with Gasteiger partial charge in [0.1, 0.15) is 0 Å². The average molecular weight is 373 g/mol. The molecule has 0 radical (unpaired) electrons. The van der Waals surface area contributed by atoms with E-state index in [1.165, 1.54) is 10.6 Å². The second-order valence-corrected chi connectivity index (χ2v) is 6.50. The van der Waals surface area contributed by atoms with Gasteiger partial charge in [-0.3, -0.25) is 0 Å². The Morgan fingerprint density at radius 1 is 1.12 bits per heavy atom. The standard InChI is InChI=1S/C17H17ClN6O2/c18-11-2-1-3-12(10-11)22-6-8-23(9-7-22)13-4-5-14(16(25)26)24-15(13)20-17(19)21-24/h1-5,10H,6-9H2,(H2,19,21)(H,25,26). The van der Waals surface area contributed by atoms with E-state index in [0.717, 1.165) is 42.6 Å². The number of aromatic nitrogens is 3. The van der Waals surface area contributed by atoms with Crippen molar-refractivity contribution < 1.29 is 9.90 Å². The molecule has 3 N–H and O–H groups in total. The van der Waals surface area contributed by atoms with Gasteiger partial charge in [0, 0.05) is 36.9 Å². The lowest BCUT2D eigenvalue weighted by atomic mass is 10.2. The number of hydrogen-bond donors (Lipinski definition) is 2. The van der Waals surface area contributed by atoms with Gasteiger partial charge in [-0.25, -0.2) is 9.31 Å². The van der Waals surface area contributed by atoms with Gasteiger partial charge in [0.2, 0.25) is 5.95 Å². The zero-order valence-corrected chi connectivity index (χ0v) is 14.6. The van der Waals surface area contributed by atoms with Crippen LogP contribution in [0.4, 0.5) is 17.3 Å². The molecule has 1 saturated heterocycles. The maximum atomic E-state index is 11.4. The Hall–Kier alpha value is -3.00. The van der Waals surface area contributed by atoms with Crippen LogP contribution in [0.1, 0.15) is 10.5 Å². The van der Waals surface area contributed by atoms with E-state index in [1.54, 1.807) is 6.07 Å². The van der Waals surface area contributed by atoms with Crippen LogP contribution in [0.5, 0.6) is 0 Å². The van der Waals surface area contributed by atoms with Crippen LogP contribution in [0.3, 0.4) is 0 Å². The fraction of sp³-hybridized carbons (Fsp3) is 0.235. The van der Waals surface area contributed by atoms with E-state index < -0.39 is 5.97 Å². The van der Waals surface area contributed by atoms with E-state index in [0.29, 0.717) is 5.65 Å². The molecule has 26 heavy (non-hydrogen) atoms. The van der Waals surface area contributed by atoms with Gasteiger partial charge in [-0.1, -0.05) is 17.7 Å². The molecule has 1 aliphatic heterocycles. The summed E-state index contributed by atoms with van der Waals surface area (Å²) in [5, 5.41) is 14.0. The highest BCUT2D eigenvalue weighted by atomic mass is 35.5. The number of hydrogen-bond acceptors (Lipinski definition) is 6. The molecule has 1 aromatic carbocycles. The van der Waals surface area contributed by atoms with Gasteiger partial charge in [0.05, 0.1) is 5.69 Å². The predicted octanol–water partition coefficient (Wildman–Crippen LogP) is 1.99. The third-order valence-corrected chi connectivity index (χ3v) is 4.73. The van der Waals surface area contributed by atoms with Crippen LogP contribution in [0.25, 0.3) is 5.65 Å². The summed E-state index contributed by atoms with van der Waals surface area (Å²) in [4.78, 5) is 20.0. The highest BCUT2D eigenvalue weighted by Gasteiger charge is 2.22. The summed E-state index contributed by atoms with van der Waals surface area (Å²) in [7, 11) is 0. The first-order valence-corrected chi connectivity index (χ1v) is 8.55. The third-order valence-electron chi connectivity index (χ3n) is 4.49. The predicted molar refractivity (Wildman–Crippen MR) is 100 cm³/mol. The summed E-state index contributed by atoms with van der Waals surface area (Å²) >= 11 is 6.08. The minimum Gasteiger partial charge on any atom is -0.477 e. The number of fused-ring (bicyclic) bond motifs is 1. The topological polar surface area (TPSA) is 100.0 Å². The van der Waals surface area contributed by atoms with E-state index in [4.69, 9.17) is 17.3 Å². The maximum Gasteiger partial charge on any atom is 0.354 e. The number of halogens is 1. The summed E-state index contributed by atoms with van der Waals surface area (Å²) in [5.74, 6) is -1.02. The molecule has 0 amide bonds. The fourth-order valence-corrected chi connectivity index (χ4v) is 3.44. The Morgan fingerprint density at radius 2 is 1.85 bits per heavy atom. The number of nitrogens with zero attached hydrogens (tertiary/aromatic N) is 5. The van der Waals surface area contributed by atoms with Gasteiger partial charge in [-0.2, -0.15) is 4.98 Å². The van der Waals surface area contributed by atoms with Crippen molar-refractivity contribution in [2.75, 3.05) is 41.7 Å². The minimum atomic E-state index is -1.07. The van der Waals surface area contributed by atoms with Crippen molar-refractivity contribution >= 4 is 40.5 Å². The number of piperazine rings is 1. The van der Waals surface area contributed by atoms with Crippen molar-refractivity contribution in [1.29, 1.82) is 0 Å². The average Bonchev–Trinajstić information content (AvgIpc) is 3.02. The van der Waals surface area contributed by atoms with Crippen molar-refractivity contribution in [2.24, 2.45) is 0 Å². The Balaban J connectivity index is 1.60. The number of carbonyl (C=O) groups is 1. The van der Waals surface area contributed by atoms with Crippen molar-refractivity contribution in [3.05, 3.63) is 47.1 Å². The Morgan fingerprint density at radius 3 is 2.54 bits per heavy atom. The van der Waals surface area contributed by atoms with Gasteiger partial charge in [0.25, 0.3) is 0 Å². The van der Waals surface area contributed by atoms with Crippen molar-refractivity contribution in [1.82, 2.24) is 14.6 Å². The second kappa shape index (κ2) is 6.38. The van der Waals surface area contributed by atoms with Gasteiger partial charge in [-0.05, 0) is 30.3 Å². The van der Waals surface area contributed by atoms with E-state index in [1.807, 2.05) is 24.3 Å². The zero-order chi connectivity index (χ0) is 18.3. The summed E-state index contributed by atoms with van der Waals surface area (Å²) in [6, 6.07) is 11.1. The largest absolute Gasteiger partial charge is 0.477 e. The lowest BCUT2D eigenvalue weighted by molar-refractivity contribution is 0.0687. The van der Waals surface area contributed by atoms with Gasteiger partial charge in [0.15, 0.2) is 11.3 Å². The van der Waals surface area contributed by atoms with E-state index >= 15 is 0 Å². The highest BCUT2D eigenvalue weighted by molar-refractivity contribution is 6.30. The lowest BCUT2D eigenvalue weighted by Gasteiger charge is -2.37. The van der Waals surface area contributed by atoms with Crippen LogP contribution in [-0.4, -0.2) is 51.9 Å². The van der Waals surface area contributed by atoms with Crippen LogP contribution < -0.4 is 15.5 Å². The molecule has 1 fully saturated rings. The molecule has 2 aromatic heterocycles. The molecule has 0 saturated carbocycles. The van der Waals surface area contributed by atoms with Gasteiger partial charge >= 0.3 is 5.97 Å². The van der Waals surface area contributed by atoms with Gasteiger partial charge in [-0.15, -0.1) is 5.10 Å². The molecule has 3 aromatic rings. The first-order valence-electron chi connectivity index (χ1n) is 8.17. The molecule has 8 nitrogen and oxygen atoms in total. The molecule has 9 heteroatoms. The number of rotatable bonds is 3. The molecule has 0 spiro atoms. The highest BCUT2D eigenvalue weighted by Crippen LogP contribution is 2.26. The smallest absolute Gasteiger partial charge is 0.354 e. The van der Waals surface area contributed by atoms with E-state index in [2.05, 4.69) is 19.9 Å². The molecule has 1 aliphatic rings. The van der Waals surface area contributed by atoms with Crippen LogP contribution in [0.15, 0.2) is 36.4 Å². The number of nitrogens with two attached hydrogens (primary N) is 1. The minimum absolute atomic E-state index is 0.0329. The van der Waals surface area contributed by atoms with Crippen LogP contribution in [-0.2, 0) is 0 Å². The van der Waals surface area contributed by atoms with Crippen LogP contribution in [0, 0.1) is 0 Å². The molecule has 0 bridgehead atoms. The Bertz CT molecular complexity index is 981. The molecular weight excluding hydrogens is 356 g/mol. The van der Waals surface area contributed by atoms with Crippen molar-refractivity contribution in [3.8, 4) is 0 Å². The molecule has 4 rings (SSSR count). The third kappa shape index (κ3) is 2.88. The quantitative estimate of drug-likeness (QED) is 0.725. The second-order valence-electron chi connectivity index (χ2n) is 6.07. The van der Waals surface area contributed by atoms with Crippen molar-refractivity contribution in [3.63, 3.8) is 0 Å². The van der Waals surface area contributed by atoms with Gasteiger partial charge < -0.3 is 20.6 Å².